The van der Waals surface area contributed by atoms with Crippen molar-refractivity contribution >= 4 is 24.6 Å². The molecule has 2 saturated heterocycles. The molecule has 2 fully saturated rings. The Morgan fingerprint density at radius 3 is 2.50 bits per heavy atom. The molecule has 1 aromatic heterocycles. The van der Waals surface area contributed by atoms with Crippen LogP contribution in [0.3, 0.4) is 0 Å². The topological polar surface area (TPSA) is 60.9 Å². The van der Waals surface area contributed by atoms with E-state index in [2.05, 4.69) is 4.98 Å². The van der Waals surface area contributed by atoms with Crippen LogP contribution in [-0.2, 0) is 14.0 Å². The molecule has 0 atom stereocenters. The fourth-order valence-corrected chi connectivity index (χ4v) is 2.44. The molecule has 0 saturated carbocycles. The minimum atomic E-state index is -0.536. The first-order chi connectivity index (χ1) is 10.3. The zero-order valence-electron chi connectivity index (χ0n) is 13.5. The fraction of sp³-hybridized carbons (Fsp3) is 0.600. The molecular formula is C15H21BN2O4. The number of hydrogen-bond acceptors (Lipinski definition) is 5. The maximum absolute atomic E-state index is 11.8. The van der Waals surface area contributed by atoms with Crippen LogP contribution in [0.2, 0.25) is 0 Å². The first-order valence-electron chi connectivity index (χ1n) is 7.57. The van der Waals surface area contributed by atoms with Crippen molar-refractivity contribution in [1.29, 1.82) is 0 Å². The third-order valence-electron chi connectivity index (χ3n) is 4.50. The second-order valence-corrected chi connectivity index (χ2v) is 6.63. The van der Waals surface area contributed by atoms with Gasteiger partial charge in [-0.2, -0.15) is 0 Å². The quantitative estimate of drug-likeness (QED) is 0.779. The molecule has 0 N–H and O–H groups in total. The van der Waals surface area contributed by atoms with E-state index in [1.54, 1.807) is 6.07 Å². The number of amides is 1. The van der Waals surface area contributed by atoms with Gasteiger partial charge in [0.1, 0.15) is 5.82 Å². The molecule has 0 aromatic carbocycles. The van der Waals surface area contributed by atoms with E-state index < -0.39 is 18.3 Å². The third kappa shape index (κ3) is 2.59. The van der Waals surface area contributed by atoms with E-state index in [0.717, 1.165) is 6.42 Å². The van der Waals surface area contributed by atoms with Crippen molar-refractivity contribution in [3.8, 4) is 0 Å². The van der Waals surface area contributed by atoms with Crippen molar-refractivity contribution in [2.45, 2.75) is 45.3 Å². The molecule has 1 amide bonds. The molecule has 1 aromatic rings. The summed E-state index contributed by atoms with van der Waals surface area (Å²) in [5.41, 5.74) is -0.173. The highest BCUT2D eigenvalue weighted by molar-refractivity contribution is 6.61. The van der Waals surface area contributed by atoms with Gasteiger partial charge in [0.25, 0.3) is 0 Å². The molecule has 0 bridgehead atoms. The third-order valence-corrected chi connectivity index (χ3v) is 4.50. The number of carbonyl (C=O) groups is 1. The van der Waals surface area contributed by atoms with Gasteiger partial charge >= 0.3 is 13.2 Å². The van der Waals surface area contributed by atoms with Crippen molar-refractivity contribution in [2.24, 2.45) is 0 Å². The van der Waals surface area contributed by atoms with Crippen LogP contribution in [0.25, 0.3) is 0 Å². The SMILES string of the molecule is CC1(C)OB(c2cccc(N3CCCOC3=O)n2)OC1(C)C. The zero-order valence-corrected chi connectivity index (χ0v) is 13.5. The Hall–Kier alpha value is -1.60. The summed E-state index contributed by atoms with van der Waals surface area (Å²) in [6, 6.07) is 5.49. The van der Waals surface area contributed by atoms with Gasteiger partial charge in [0, 0.05) is 6.54 Å². The molecule has 6 nitrogen and oxygen atoms in total. The normalized spacial score (nSPS) is 23.5. The molecule has 3 heterocycles. The molecule has 118 valence electrons. The average molecular weight is 304 g/mol. The molecular weight excluding hydrogens is 283 g/mol. The Kier molecular flexibility index (Phi) is 3.65. The van der Waals surface area contributed by atoms with Crippen molar-refractivity contribution in [3.63, 3.8) is 0 Å². The molecule has 2 aliphatic rings. The smallest absolute Gasteiger partial charge is 0.449 e. The monoisotopic (exact) mass is 304 g/mol. The van der Waals surface area contributed by atoms with E-state index in [9.17, 15) is 4.79 Å². The highest BCUT2D eigenvalue weighted by Gasteiger charge is 2.52. The Bertz CT molecular complexity index is 575. The zero-order chi connectivity index (χ0) is 16.0. The summed E-state index contributed by atoms with van der Waals surface area (Å²) < 4.78 is 17.1. The molecule has 7 heteroatoms. The van der Waals surface area contributed by atoms with Gasteiger partial charge in [-0.25, -0.2) is 9.78 Å². The standard InChI is InChI=1S/C15H21BN2O4/c1-14(2)15(3,4)22-16(21-14)11-7-5-8-12(17-11)18-9-6-10-20-13(18)19/h5,7-8H,6,9-10H2,1-4H3. The lowest BCUT2D eigenvalue weighted by Crippen LogP contribution is -2.41. The molecule has 0 aliphatic carbocycles. The number of hydrogen-bond donors (Lipinski definition) is 0. The van der Waals surface area contributed by atoms with Gasteiger partial charge in [-0.1, -0.05) is 6.07 Å². The van der Waals surface area contributed by atoms with Crippen molar-refractivity contribution in [1.82, 2.24) is 4.98 Å². The second-order valence-electron chi connectivity index (χ2n) is 6.63. The molecule has 0 radical (unpaired) electrons. The Morgan fingerprint density at radius 2 is 1.86 bits per heavy atom. The number of nitrogens with zero attached hydrogens (tertiary/aromatic N) is 2. The summed E-state index contributed by atoms with van der Waals surface area (Å²) in [4.78, 5) is 17.9. The molecule has 0 spiro atoms. The van der Waals surface area contributed by atoms with Crippen LogP contribution in [0, 0.1) is 0 Å². The van der Waals surface area contributed by atoms with Gasteiger partial charge in [0.2, 0.25) is 0 Å². The first-order valence-corrected chi connectivity index (χ1v) is 7.57. The number of rotatable bonds is 2. The average Bonchev–Trinajstić information content (AvgIpc) is 2.68. The van der Waals surface area contributed by atoms with E-state index in [-0.39, 0.29) is 6.09 Å². The maximum atomic E-state index is 11.8. The maximum Gasteiger partial charge on any atom is 0.514 e. The summed E-state index contributed by atoms with van der Waals surface area (Å²) in [5.74, 6) is 0.567. The van der Waals surface area contributed by atoms with E-state index in [1.165, 1.54) is 4.90 Å². The summed E-state index contributed by atoms with van der Waals surface area (Å²) in [6.07, 6.45) is 0.443. The number of aromatic nitrogens is 1. The molecule has 3 rings (SSSR count). The minimum absolute atomic E-state index is 0.357. The Morgan fingerprint density at radius 1 is 1.18 bits per heavy atom. The van der Waals surface area contributed by atoms with E-state index in [0.29, 0.717) is 24.6 Å². The van der Waals surface area contributed by atoms with Gasteiger partial charge in [-0.3, -0.25) is 4.90 Å². The Balaban J connectivity index is 1.85. The van der Waals surface area contributed by atoms with E-state index in [1.807, 2.05) is 39.8 Å². The summed E-state index contributed by atoms with van der Waals surface area (Å²) in [6.45, 7) is 9.07. The van der Waals surface area contributed by atoms with Crippen molar-refractivity contribution in [3.05, 3.63) is 18.2 Å². The highest BCUT2D eigenvalue weighted by Crippen LogP contribution is 2.36. The van der Waals surface area contributed by atoms with Crippen molar-refractivity contribution < 1.29 is 18.8 Å². The highest BCUT2D eigenvalue weighted by atomic mass is 16.7. The van der Waals surface area contributed by atoms with Crippen LogP contribution in [0.1, 0.15) is 34.1 Å². The number of anilines is 1. The van der Waals surface area contributed by atoms with E-state index >= 15 is 0 Å². The van der Waals surface area contributed by atoms with Crippen LogP contribution in [0.4, 0.5) is 10.6 Å². The number of carbonyl (C=O) groups excluding carboxylic acids is 1. The van der Waals surface area contributed by atoms with Crippen LogP contribution in [0.5, 0.6) is 0 Å². The van der Waals surface area contributed by atoms with Gasteiger partial charge in [0.05, 0.1) is 23.4 Å². The number of ether oxygens (including phenoxy) is 1. The predicted octanol–water partition coefficient (Wildman–Crippen LogP) is 1.73. The lowest BCUT2D eigenvalue weighted by atomic mass is 9.84. The van der Waals surface area contributed by atoms with Crippen LogP contribution in [-0.4, -0.2) is 42.5 Å². The number of cyclic esters (lactones) is 1. The largest absolute Gasteiger partial charge is 0.514 e. The summed E-state index contributed by atoms with van der Waals surface area (Å²) in [5, 5.41) is 0. The lowest BCUT2D eigenvalue weighted by molar-refractivity contribution is 0.00578. The van der Waals surface area contributed by atoms with Crippen LogP contribution in [0.15, 0.2) is 18.2 Å². The molecule has 22 heavy (non-hydrogen) atoms. The molecule has 2 aliphatic heterocycles. The molecule has 0 unspecified atom stereocenters. The number of pyridine rings is 1. The Labute approximate surface area is 130 Å². The first kappa shape index (κ1) is 15.3. The summed E-state index contributed by atoms with van der Waals surface area (Å²) in [7, 11) is -0.536. The van der Waals surface area contributed by atoms with Gasteiger partial charge in [-0.15, -0.1) is 0 Å². The fourth-order valence-electron chi connectivity index (χ4n) is 2.44. The van der Waals surface area contributed by atoms with Crippen molar-refractivity contribution in [2.75, 3.05) is 18.1 Å². The van der Waals surface area contributed by atoms with Crippen LogP contribution >= 0.6 is 0 Å². The summed E-state index contributed by atoms with van der Waals surface area (Å²) >= 11 is 0. The minimum Gasteiger partial charge on any atom is -0.449 e. The van der Waals surface area contributed by atoms with E-state index in [4.69, 9.17) is 14.0 Å². The lowest BCUT2D eigenvalue weighted by Gasteiger charge is -2.32. The second kappa shape index (κ2) is 5.24. The van der Waals surface area contributed by atoms with Gasteiger partial charge < -0.3 is 14.0 Å². The van der Waals surface area contributed by atoms with Gasteiger partial charge in [0.15, 0.2) is 0 Å². The van der Waals surface area contributed by atoms with Crippen LogP contribution < -0.4 is 10.5 Å². The van der Waals surface area contributed by atoms with Gasteiger partial charge in [-0.05, 0) is 46.2 Å². The predicted molar refractivity (Wildman–Crippen MR) is 83.3 cm³/mol.